The second-order valence-corrected chi connectivity index (χ2v) is 4.81. The number of aromatic nitrogens is 3. The molecule has 0 aliphatic heterocycles. The molecular weight excluding hydrogens is 274 g/mol. The first kappa shape index (κ1) is 13.5. The number of nitriles is 2. The summed E-state index contributed by atoms with van der Waals surface area (Å²) >= 11 is 0. The highest BCUT2D eigenvalue weighted by molar-refractivity contribution is 5.67. The third kappa shape index (κ3) is 2.84. The van der Waals surface area contributed by atoms with Crippen molar-refractivity contribution in [3.05, 3.63) is 71.8 Å². The summed E-state index contributed by atoms with van der Waals surface area (Å²) in [6.07, 6.45) is 3.12. The van der Waals surface area contributed by atoms with Crippen molar-refractivity contribution in [1.82, 2.24) is 14.8 Å². The van der Waals surface area contributed by atoms with Crippen molar-refractivity contribution in [2.24, 2.45) is 0 Å². The fourth-order valence-electron chi connectivity index (χ4n) is 2.25. The Labute approximate surface area is 127 Å². The van der Waals surface area contributed by atoms with Gasteiger partial charge in [0.05, 0.1) is 29.8 Å². The first-order valence-electron chi connectivity index (χ1n) is 6.65. The molecule has 5 heteroatoms. The smallest absolute Gasteiger partial charge is 0.137 e. The molecule has 0 aliphatic carbocycles. The monoisotopic (exact) mass is 285 g/mol. The highest BCUT2D eigenvalue weighted by atomic mass is 15.3. The van der Waals surface area contributed by atoms with E-state index in [4.69, 9.17) is 5.26 Å². The highest BCUT2D eigenvalue weighted by Gasteiger charge is 2.05. The zero-order valence-corrected chi connectivity index (χ0v) is 11.6. The minimum atomic E-state index is 0.554. The average molecular weight is 285 g/mol. The van der Waals surface area contributed by atoms with Crippen molar-refractivity contribution < 1.29 is 0 Å². The average Bonchev–Trinajstić information content (AvgIpc) is 3.07. The van der Waals surface area contributed by atoms with Crippen LogP contribution in [0.1, 0.15) is 16.7 Å². The van der Waals surface area contributed by atoms with Gasteiger partial charge in [-0.1, -0.05) is 12.1 Å². The lowest BCUT2D eigenvalue weighted by atomic mass is 9.99. The van der Waals surface area contributed by atoms with Gasteiger partial charge < -0.3 is 0 Å². The first-order chi connectivity index (χ1) is 10.8. The SMILES string of the molecule is N#Cc1ccc(-c2cc(C#N)cc(Cn3cncn3)c2)cc1. The van der Waals surface area contributed by atoms with Crippen LogP contribution in [0.4, 0.5) is 0 Å². The molecule has 5 nitrogen and oxygen atoms in total. The molecule has 104 valence electrons. The predicted octanol–water partition coefficient (Wildman–Crippen LogP) is 2.74. The lowest BCUT2D eigenvalue weighted by Crippen LogP contribution is -2.00. The minimum Gasteiger partial charge on any atom is -0.249 e. The van der Waals surface area contributed by atoms with Gasteiger partial charge in [-0.3, -0.25) is 0 Å². The van der Waals surface area contributed by atoms with Crippen molar-refractivity contribution in [3.63, 3.8) is 0 Å². The number of hydrogen-bond acceptors (Lipinski definition) is 4. The summed E-state index contributed by atoms with van der Waals surface area (Å²) in [5.74, 6) is 0. The Morgan fingerprint density at radius 3 is 2.32 bits per heavy atom. The van der Waals surface area contributed by atoms with E-state index in [1.807, 2.05) is 30.3 Å². The van der Waals surface area contributed by atoms with Gasteiger partial charge in [-0.25, -0.2) is 9.67 Å². The number of rotatable bonds is 3. The molecule has 1 aromatic heterocycles. The van der Waals surface area contributed by atoms with Crippen molar-refractivity contribution in [1.29, 1.82) is 10.5 Å². The molecule has 0 amide bonds. The van der Waals surface area contributed by atoms with Crippen LogP contribution < -0.4 is 0 Å². The zero-order chi connectivity index (χ0) is 15.4. The molecule has 0 bridgehead atoms. The van der Waals surface area contributed by atoms with Crippen molar-refractivity contribution in [2.75, 3.05) is 0 Å². The largest absolute Gasteiger partial charge is 0.249 e. The van der Waals surface area contributed by atoms with E-state index in [0.717, 1.165) is 16.7 Å². The van der Waals surface area contributed by atoms with E-state index in [9.17, 15) is 5.26 Å². The van der Waals surface area contributed by atoms with Gasteiger partial charge >= 0.3 is 0 Å². The second kappa shape index (κ2) is 5.90. The maximum Gasteiger partial charge on any atom is 0.137 e. The van der Waals surface area contributed by atoms with Crippen molar-refractivity contribution in [2.45, 2.75) is 6.54 Å². The molecule has 22 heavy (non-hydrogen) atoms. The fourth-order valence-corrected chi connectivity index (χ4v) is 2.25. The van der Waals surface area contributed by atoms with Crippen LogP contribution in [0.15, 0.2) is 55.1 Å². The Kier molecular flexibility index (Phi) is 3.63. The van der Waals surface area contributed by atoms with E-state index >= 15 is 0 Å². The molecule has 1 heterocycles. The molecule has 0 spiro atoms. The van der Waals surface area contributed by atoms with Crippen molar-refractivity contribution >= 4 is 0 Å². The minimum absolute atomic E-state index is 0.554. The molecule has 3 rings (SSSR count). The van der Waals surface area contributed by atoms with Crippen LogP contribution in [0.2, 0.25) is 0 Å². The van der Waals surface area contributed by atoms with Crippen LogP contribution in [-0.4, -0.2) is 14.8 Å². The van der Waals surface area contributed by atoms with E-state index in [1.54, 1.807) is 23.1 Å². The molecule has 0 radical (unpaired) electrons. The van der Waals surface area contributed by atoms with Gasteiger partial charge in [0, 0.05) is 0 Å². The summed E-state index contributed by atoms with van der Waals surface area (Å²) in [7, 11) is 0. The van der Waals surface area contributed by atoms with Crippen LogP contribution in [0.25, 0.3) is 11.1 Å². The Bertz CT molecular complexity index is 865. The van der Waals surface area contributed by atoms with E-state index in [2.05, 4.69) is 22.2 Å². The maximum atomic E-state index is 9.21. The fraction of sp³-hybridized carbons (Fsp3) is 0.0588. The summed E-state index contributed by atoms with van der Waals surface area (Å²) < 4.78 is 1.71. The van der Waals surface area contributed by atoms with E-state index < -0.39 is 0 Å². The maximum absolute atomic E-state index is 9.21. The van der Waals surface area contributed by atoms with Crippen LogP contribution in [-0.2, 0) is 6.54 Å². The molecular formula is C17H11N5. The van der Waals surface area contributed by atoms with Crippen LogP contribution in [0.3, 0.4) is 0 Å². The number of nitrogens with zero attached hydrogens (tertiary/aromatic N) is 5. The summed E-state index contributed by atoms with van der Waals surface area (Å²) in [5.41, 5.74) is 4.10. The summed E-state index contributed by atoms with van der Waals surface area (Å²) in [6, 6.07) is 17.3. The normalized spacial score (nSPS) is 9.91. The van der Waals surface area contributed by atoms with Crippen molar-refractivity contribution in [3.8, 4) is 23.3 Å². The first-order valence-corrected chi connectivity index (χ1v) is 6.65. The van der Waals surface area contributed by atoms with Crippen LogP contribution in [0.5, 0.6) is 0 Å². The van der Waals surface area contributed by atoms with E-state index in [1.165, 1.54) is 6.33 Å². The molecule has 0 saturated carbocycles. The van der Waals surface area contributed by atoms with Gasteiger partial charge in [-0.05, 0) is 47.0 Å². The Balaban J connectivity index is 2.00. The second-order valence-electron chi connectivity index (χ2n) is 4.81. The predicted molar refractivity (Wildman–Crippen MR) is 80.4 cm³/mol. The third-order valence-electron chi connectivity index (χ3n) is 3.28. The quantitative estimate of drug-likeness (QED) is 0.741. The molecule has 0 atom stereocenters. The van der Waals surface area contributed by atoms with Gasteiger partial charge in [0.2, 0.25) is 0 Å². The van der Waals surface area contributed by atoms with Crippen LogP contribution in [0, 0.1) is 22.7 Å². The van der Waals surface area contributed by atoms with Gasteiger partial charge in [0.1, 0.15) is 12.7 Å². The lowest BCUT2D eigenvalue weighted by Gasteiger charge is -2.07. The molecule has 0 fully saturated rings. The van der Waals surface area contributed by atoms with E-state index in [-0.39, 0.29) is 0 Å². The summed E-state index contributed by atoms with van der Waals surface area (Å²) in [5, 5.41) is 22.2. The van der Waals surface area contributed by atoms with Gasteiger partial charge in [0.25, 0.3) is 0 Å². The Morgan fingerprint density at radius 2 is 1.68 bits per heavy atom. The topological polar surface area (TPSA) is 78.3 Å². The third-order valence-corrected chi connectivity index (χ3v) is 3.28. The highest BCUT2D eigenvalue weighted by Crippen LogP contribution is 2.23. The van der Waals surface area contributed by atoms with Gasteiger partial charge in [0.15, 0.2) is 0 Å². The Morgan fingerprint density at radius 1 is 0.909 bits per heavy atom. The van der Waals surface area contributed by atoms with E-state index in [0.29, 0.717) is 17.7 Å². The molecule has 2 aromatic carbocycles. The zero-order valence-electron chi connectivity index (χ0n) is 11.6. The molecule has 0 N–H and O–H groups in total. The van der Waals surface area contributed by atoms with Gasteiger partial charge in [-0.15, -0.1) is 0 Å². The number of hydrogen-bond donors (Lipinski definition) is 0. The summed E-state index contributed by atoms with van der Waals surface area (Å²) in [4.78, 5) is 3.92. The molecule has 0 unspecified atom stereocenters. The number of benzene rings is 2. The standard InChI is InChI=1S/C17H11N5/c18-8-13-1-3-16(4-2-13)17-6-14(9-19)5-15(7-17)10-22-12-20-11-21-22/h1-7,11-12H,10H2. The molecule has 0 aliphatic rings. The van der Waals surface area contributed by atoms with Crippen LogP contribution >= 0.6 is 0 Å². The molecule has 3 aromatic rings. The molecule has 0 saturated heterocycles. The van der Waals surface area contributed by atoms with Gasteiger partial charge in [-0.2, -0.15) is 15.6 Å². The lowest BCUT2D eigenvalue weighted by molar-refractivity contribution is 0.685. The summed E-state index contributed by atoms with van der Waals surface area (Å²) in [6.45, 7) is 0.554. The Hall–Kier alpha value is -3.44.